The molecule has 0 aromatic heterocycles. The zero-order chi connectivity index (χ0) is 9.03. The lowest BCUT2D eigenvalue weighted by molar-refractivity contribution is -0.235. The molecule has 12 heavy (non-hydrogen) atoms. The Labute approximate surface area is 72.8 Å². The standard InChI is InChI=1S/C10H13O2/c1-3-12-10(2,11)9-7-5-4-6-8-9/h4-8H,3H2,1-2H3. The second-order valence-corrected chi connectivity index (χ2v) is 2.74. The molecule has 1 atom stereocenters. The number of ether oxygens (including phenoxy) is 1. The van der Waals surface area contributed by atoms with E-state index in [4.69, 9.17) is 4.74 Å². The topological polar surface area (TPSA) is 29.1 Å². The van der Waals surface area contributed by atoms with Gasteiger partial charge in [-0.2, -0.15) is 5.11 Å². The first-order valence-corrected chi connectivity index (χ1v) is 4.06. The Balaban J connectivity index is 2.82. The highest BCUT2D eigenvalue weighted by Gasteiger charge is 2.24. The van der Waals surface area contributed by atoms with Crippen molar-refractivity contribution in [2.45, 2.75) is 19.6 Å². The van der Waals surface area contributed by atoms with Gasteiger partial charge in [-0.3, -0.25) is 0 Å². The summed E-state index contributed by atoms with van der Waals surface area (Å²) >= 11 is 0. The number of rotatable bonds is 3. The number of hydrogen-bond donors (Lipinski definition) is 0. The normalized spacial score (nSPS) is 15.6. The molecule has 0 aliphatic carbocycles. The van der Waals surface area contributed by atoms with Crippen LogP contribution in [0.1, 0.15) is 19.4 Å². The molecule has 0 aliphatic heterocycles. The van der Waals surface area contributed by atoms with Gasteiger partial charge in [0.1, 0.15) is 0 Å². The van der Waals surface area contributed by atoms with Crippen LogP contribution in [0.4, 0.5) is 0 Å². The Kier molecular flexibility index (Phi) is 2.84. The molecule has 0 bridgehead atoms. The molecule has 0 spiro atoms. The first kappa shape index (κ1) is 9.23. The number of hydrogen-bond acceptors (Lipinski definition) is 1. The van der Waals surface area contributed by atoms with Crippen LogP contribution >= 0.6 is 0 Å². The Morgan fingerprint density at radius 3 is 2.42 bits per heavy atom. The molecule has 0 aliphatic rings. The number of benzene rings is 1. The maximum absolute atomic E-state index is 11.7. The van der Waals surface area contributed by atoms with Crippen molar-refractivity contribution in [2.24, 2.45) is 0 Å². The summed E-state index contributed by atoms with van der Waals surface area (Å²) in [5, 5.41) is 11.7. The smallest absolute Gasteiger partial charge is 0.225 e. The van der Waals surface area contributed by atoms with Crippen LogP contribution in [0.15, 0.2) is 30.3 Å². The molecule has 1 aromatic carbocycles. The third-order valence-electron chi connectivity index (χ3n) is 1.72. The van der Waals surface area contributed by atoms with Gasteiger partial charge < -0.3 is 4.74 Å². The maximum atomic E-state index is 11.7. The van der Waals surface area contributed by atoms with E-state index >= 15 is 0 Å². The van der Waals surface area contributed by atoms with Crippen molar-refractivity contribution in [1.82, 2.24) is 0 Å². The summed E-state index contributed by atoms with van der Waals surface area (Å²) in [6, 6.07) is 9.12. The van der Waals surface area contributed by atoms with E-state index in [1.165, 1.54) is 6.92 Å². The fourth-order valence-corrected chi connectivity index (χ4v) is 1.10. The van der Waals surface area contributed by atoms with Gasteiger partial charge >= 0.3 is 0 Å². The maximum Gasteiger partial charge on any atom is 0.225 e. The SMILES string of the molecule is CCOC(C)([O])c1ccccc1. The average Bonchev–Trinajstić information content (AvgIpc) is 2.06. The molecule has 0 heterocycles. The first-order valence-electron chi connectivity index (χ1n) is 4.06. The molecule has 0 amide bonds. The van der Waals surface area contributed by atoms with Crippen molar-refractivity contribution in [2.75, 3.05) is 6.61 Å². The van der Waals surface area contributed by atoms with E-state index in [1.807, 2.05) is 25.1 Å². The second kappa shape index (κ2) is 3.70. The molecule has 1 radical (unpaired) electrons. The van der Waals surface area contributed by atoms with E-state index in [1.54, 1.807) is 12.1 Å². The van der Waals surface area contributed by atoms with Gasteiger partial charge in [0.15, 0.2) is 0 Å². The molecule has 1 unspecified atom stereocenters. The molecule has 1 rings (SSSR count). The third-order valence-corrected chi connectivity index (χ3v) is 1.72. The lowest BCUT2D eigenvalue weighted by atomic mass is 10.1. The van der Waals surface area contributed by atoms with Crippen molar-refractivity contribution in [1.29, 1.82) is 0 Å². The Hall–Kier alpha value is -0.860. The van der Waals surface area contributed by atoms with E-state index in [-0.39, 0.29) is 0 Å². The summed E-state index contributed by atoms with van der Waals surface area (Å²) in [7, 11) is 0. The van der Waals surface area contributed by atoms with Crippen LogP contribution in [-0.2, 0) is 15.6 Å². The largest absolute Gasteiger partial charge is 0.344 e. The van der Waals surface area contributed by atoms with Gasteiger partial charge in [-0.15, -0.1) is 0 Å². The van der Waals surface area contributed by atoms with Crippen LogP contribution in [0.25, 0.3) is 0 Å². The Bertz CT molecular complexity index is 229. The summed E-state index contributed by atoms with van der Waals surface area (Å²) in [5.41, 5.74) is 0.673. The summed E-state index contributed by atoms with van der Waals surface area (Å²) < 4.78 is 5.06. The zero-order valence-corrected chi connectivity index (χ0v) is 7.41. The highest BCUT2D eigenvalue weighted by atomic mass is 16.6. The fourth-order valence-electron chi connectivity index (χ4n) is 1.10. The molecule has 2 heteroatoms. The summed E-state index contributed by atoms with van der Waals surface area (Å²) in [5.74, 6) is -1.41. The lowest BCUT2D eigenvalue weighted by Crippen LogP contribution is -2.23. The summed E-state index contributed by atoms with van der Waals surface area (Å²) in [6.45, 7) is 3.79. The van der Waals surface area contributed by atoms with Gasteiger partial charge in [0.25, 0.3) is 0 Å². The van der Waals surface area contributed by atoms with Gasteiger partial charge in [-0.1, -0.05) is 30.3 Å². The molecule has 0 fully saturated rings. The van der Waals surface area contributed by atoms with E-state index in [0.29, 0.717) is 12.2 Å². The van der Waals surface area contributed by atoms with Crippen LogP contribution in [0.2, 0.25) is 0 Å². The second-order valence-electron chi connectivity index (χ2n) is 2.74. The van der Waals surface area contributed by atoms with E-state index in [9.17, 15) is 5.11 Å². The van der Waals surface area contributed by atoms with E-state index < -0.39 is 5.79 Å². The minimum absolute atomic E-state index is 0.439. The molecule has 1 aromatic rings. The lowest BCUT2D eigenvalue weighted by Gasteiger charge is -2.20. The van der Waals surface area contributed by atoms with Crippen LogP contribution in [0, 0.1) is 0 Å². The van der Waals surface area contributed by atoms with Crippen molar-refractivity contribution in [3.63, 3.8) is 0 Å². The van der Waals surface area contributed by atoms with Crippen molar-refractivity contribution >= 4 is 0 Å². The van der Waals surface area contributed by atoms with Crippen LogP contribution < -0.4 is 0 Å². The van der Waals surface area contributed by atoms with Crippen molar-refractivity contribution in [3.8, 4) is 0 Å². The van der Waals surface area contributed by atoms with Gasteiger partial charge in [0.2, 0.25) is 5.79 Å². The van der Waals surface area contributed by atoms with Crippen LogP contribution in [0.5, 0.6) is 0 Å². The van der Waals surface area contributed by atoms with Gasteiger partial charge in [-0.05, 0) is 13.8 Å². The molecular weight excluding hydrogens is 152 g/mol. The van der Waals surface area contributed by atoms with E-state index in [0.717, 1.165) is 0 Å². The summed E-state index contributed by atoms with van der Waals surface area (Å²) in [6.07, 6.45) is 0. The van der Waals surface area contributed by atoms with Crippen molar-refractivity contribution in [3.05, 3.63) is 35.9 Å². The molecule has 2 nitrogen and oxygen atoms in total. The fraction of sp³-hybridized carbons (Fsp3) is 0.400. The van der Waals surface area contributed by atoms with Crippen LogP contribution in [-0.4, -0.2) is 6.61 Å². The highest BCUT2D eigenvalue weighted by Crippen LogP contribution is 2.21. The quantitative estimate of drug-likeness (QED) is 0.632. The third kappa shape index (κ3) is 2.06. The summed E-state index contributed by atoms with van der Waals surface area (Å²) in [4.78, 5) is 0. The van der Waals surface area contributed by atoms with Gasteiger partial charge in [0.05, 0.1) is 0 Å². The van der Waals surface area contributed by atoms with Crippen molar-refractivity contribution < 1.29 is 9.84 Å². The predicted octanol–water partition coefficient (Wildman–Crippen LogP) is 2.33. The molecule has 65 valence electrons. The zero-order valence-electron chi connectivity index (χ0n) is 7.41. The van der Waals surface area contributed by atoms with Crippen LogP contribution in [0.3, 0.4) is 0 Å². The average molecular weight is 165 g/mol. The van der Waals surface area contributed by atoms with Gasteiger partial charge in [0, 0.05) is 12.2 Å². The monoisotopic (exact) mass is 165 g/mol. The highest BCUT2D eigenvalue weighted by molar-refractivity contribution is 5.18. The van der Waals surface area contributed by atoms with Gasteiger partial charge in [-0.25, -0.2) is 0 Å². The molecular formula is C10H13O2. The van der Waals surface area contributed by atoms with E-state index in [2.05, 4.69) is 0 Å². The molecule has 0 saturated carbocycles. The molecule has 0 N–H and O–H groups in total. The Morgan fingerprint density at radius 2 is 1.92 bits per heavy atom. The predicted molar refractivity (Wildman–Crippen MR) is 46.1 cm³/mol. The first-order chi connectivity index (χ1) is 5.67. The molecule has 0 saturated heterocycles. The Morgan fingerprint density at radius 1 is 1.33 bits per heavy atom. The minimum Gasteiger partial charge on any atom is -0.344 e. The minimum atomic E-state index is -1.41.